The smallest absolute Gasteiger partial charge is 0.330 e. The Kier molecular flexibility index (Phi) is 3.29. The summed E-state index contributed by atoms with van der Waals surface area (Å²) >= 11 is 0. The van der Waals surface area contributed by atoms with E-state index in [9.17, 15) is 4.79 Å². The predicted molar refractivity (Wildman–Crippen MR) is 45.9 cm³/mol. The molecule has 12 heavy (non-hydrogen) atoms. The Morgan fingerprint density at radius 2 is 2.58 bits per heavy atom. The minimum atomic E-state index is -0.294. The number of carbonyl (C=O) groups excluding carboxylic acids is 1. The van der Waals surface area contributed by atoms with Crippen molar-refractivity contribution in [2.75, 3.05) is 19.6 Å². The molecule has 0 radical (unpaired) electrons. The molecule has 0 aromatic rings. The zero-order valence-electron chi connectivity index (χ0n) is 7.51. The highest BCUT2D eigenvalue weighted by molar-refractivity contribution is 5.81. The van der Waals surface area contributed by atoms with Gasteiger partial charge in [-0.05, 0) is 6.92 Å². The van der Waals surface area contributed by atoms with Crippen LogP contribution in [0.5, 0.6) is 0 Å². The maximum Gasteiger partial charge on any atom is 0.330 e. The fourth-order valence-electron chi connectivity index (χ4n) is 1.53. The molecule has 0 aliphatic carbocycles. The molecule has 1 aliphatic heterocycles. The highest BCUT2D eigenvalue weighted by Crippen LogP contribution is 1.99. The number of likely N-dealkylation sites (N-methyl/N-ethyl adjacent to an activating group) is 1. The Balaban J connectivity index is 2.27. The van der Waals surface area contributed by atoms with Gasteiger partial charge in [0.1, 0.15) is 6.54 Å². The van der Waals surface area contributed by atoms with Crippen molar-refractivity contribution in [2.24, 2.45) is 0 Å². The third-order valence-electron chi connectivity index (χ3n) is 2.29. The molecule has 2 atom stereocenters. The number of esters is 1. The Labute approximate surface area is 73.0 Å². The van der Waals surface area contributed by atoms with E-state index in [1.165, 1.54) is 11.0 Å². The molecule has 3 heteroatoms. The second kappa shape index (κ2) is 4.26. The van der Waals surface area contributed by atoms with Gasteiger partial charge in [0.15, 0.2) is 6.10 Å². The number of rotatable bonds is 3. The molecule has 0 aromatic carbocycles. The number of hydrogen-bond acceptors (Lipinski definition) is 2. The maximum absolute atomic E-state index is 10.8. The number of nitrogens with one attached hydrogen (secondary N) is 1. The largest absolute Gasteiger partial charge is 0.453 e. The lowest BCUT2D eigenvalue weighted by Gasteiger charge is -2.10. The number of quaternary nitrogens is 1. The van der Waals surface area contributed by atoms with E-state index in [4.69, 9.17) is 4.74 Å². The Morgan fingerprint density at radius 1 is 1.83 bits per heavy atom. The van der Waals surface area contributed by atoms with E-state index in [0.29, 0.717) is 0 Å². The van der Waals surface area contributed by atoms with Crippen LogP contribution >= 0.6 is 0 Å². The lowest BCUT2D eigenvalue weighted by molar-refractivity contribution is -0.886. The lowest BCUT2D eigenvalue weighted by Crippen LogP contribution is -3.10. The topological polar surface area (TPSA) is 30.7 Å². The zero-order chi connectivity index (χ0) is 8.97. The van der Waals surface area contributed by atoms with Gasteiger partial charge in [0.05, 0.1) is 13.1 Å². The fourth-order valence-corrected chi connectivity index (χ4v) is 1.53. The van der Waals surface area contributed by atoms with Crippen LogP contribution in [0.25, 0.3) is 0 Å². The summed E-state index contributed by atoms with van der Waals surface area (Å²) in [7, 11) is 0. The van der Waals surface area contributed by atoms with Gasteiger partial charge >= 0.3 is 5.97 Å². The molecule has 3 nitrogen and oxygen atoms in total. The zero-order valence-corrected chi connectivity index (χ0v) is 7.51. The molecule has 1 saturated heterocycles. The van der Waals surface area contributed by atoms with Gasteiger partial charge in [0.25, 0.3) is 0 Å². The van der Waals surface area contributed by atoms with Gasteiger partial charge < -0.3 is 9.64 Å². The first-order valence-electron chi connectivity index (χ1n) is 4.43. The molecule has 1 aliphatic rings. The highest BCUT2D eigenvalue weighted by atomic mass is 16.5. The number of likely N-dealkylation sites (tertiary alicyclic amines) is 1. The molecule has 2 unspecified atom stereocenters. The minimum absolute atomic E-state index is 0.116. The van der Waals surface area contributed by atoms with Gasteiger partial charge in [0.2, 0.25) is 0 Å². The van der Waals surface area contributed by atoms with Crippen LogP contribution in [0.2, 0.25) is 0 Å². The SMILES string of the molecule is C=CC(=O)OC1CC[NH+](CC)C1. The van der Waals surface area contributed by atoms with Crippen LogP contribution in [-0.2, 0) is 9.53 Å². The second-order valence-corrected chi connectivity index (χ2v) is 3.11. The van der Waals surface area contributed by atoms with Crippen molar-refractivity contribution in [1.82, 2.24) is 0 Å². The maximum atomic E-state index is 10.8. The summed E-state index contributed by atoms with van der Waals surface area (Å²) in [5, 5.41) is 0. The van der Waals surface area contributed by atoms with E-state index in [1.807, 2.05) is 0 Å². The Morgan fingerprint density at radius 3 is 3.08 bits per heavy atom. The minimum Gasteiger partial charge on any atom is -0.453 e. The fraction of sp³-hybridized carbons (Fsp3) is 0.667. The summed E-state index contributed by atoms with van der Waals surface area (Å²) in [5.74, 6) is -0.294. The average molecular weight is 170 g/mol. The summed E-state index contributed by atoms with van der Waals surface area (Å²) in [5.41, 5.74) is 0. The summed E-state index contributed by atoms with van der Waals surface area (Å²) < 4.78 is 5.11. The first-order valence-corrected chi connectivity index (χ1v) is 4.43. The van der Waals surface area contributed by atoms with E-state index in [2.05, 4.69) is 13.5 Å². The van der Waals surface area contributed by atoms with Crippen molar-refractivity contribution in [3.8, 4) is 0 Å². The summed E-state index contributed by atoms with van der Waals surface area (Å²) in [6, 6.07) is 0. The molecular weight excluding hydrogens is 154 g/mol. The van der Waals surface area contributed by atoms with Crippen molar-refractivity contribution in [2.45, 2.75) is 19.4 Å². The van der Waals surface area contributed by atoms with E-state index < -0.39 is 0 Å². The van der Waals surface area contributed by atoms with Gasteiger partial charge in [-0.15, -0.1) is 0 Å². The third-order valence-corrected chi connectivity index (χ3v) is 2.29. The number of hydrogen-bond donors (Lipinski definition) is 1. The average Bonchev–Trinajstić information content (AvgIpc) is 2.52. The lowest BCUT2D eigenvalue weighted by atomic mass is 10.3. The van der Waals surface area contributed by atoms with Crippen molar-refractivity contribution < 1.29 is 14.4 Å². The van der Waals surface area contributed by atoms with Crippen molar-refractivity contribution in [3.63, 3.8) is 0 Å². The summed E-state index contributed by atoms with van der Waals surface area (Å²) in [6.07, 6.45) is 2.33. The molecule has 0 amide bonds. The molecule has 0 saturated carbocycles. The molecule has 1 rings (SSSR count). The molecule has 0 bridgehead atoms. The predicted octanol–water partition coefficient (Wildman–Crippen LogP) is -0.607. The first-order chi connectivity index (χ1) is 5.76. The Bertz CT molecular complexity index is 179. The summed E-state index contributed by atoms with van der Waals surface area (Å²) in [6.45, 7) is 8.69. The molecular formula is C9H16NO2+. The van der Waals surface area contributed by atoms with Crippen LogP contribution in [0.15, 0.2) is 12.7 Å². The van der Waals surface area contributed by atoms with Gasteiger partial charge in [-0.25, -0.2) is 4.79 Å². The third kappa shape index (κ3) is 2.34. The first kappa shape index (κ1) is 9.26. The molecule has 68 valence electrons. The van der Waals surface area contributed by atoms with Gasteiger partial charge in [-0.3, -0.25) is 0 Å². The highest BCUT2D eigenvalue weighted by Gasteiger charge is 2.26. The quantitative estimate of drug-likeness (QED) is 0.452. The van der Waals surface area contributed by atoms with Gasteiger partial charge in [-0.2, -0.15) is 0 Å². The van der Waals surface area contributed by atoms with Crippen molar-refractivity contribution in [1.29, 1.82) is 0 Å². The van der Waals surface area contributed by atoms with Crippen molar-refractivity contribution in [3.05, 3.63) is 12.7 Å². The van der Waals surface area contributed by atoms with Crippen LogP contribution in [0, 0.1) is 0 Å². The van der Waals surface area contributed by atoms with Gasteiger partial charge in [-0.1, -0.05) is 6.58 Å². The van der Waals surface area contributed by atoms with Crippen LogP contribution in [0.1, 0.15) is 13.3 Å². The normalized spacial score (nSPS) is 28.4. The van der Waals surface area contributed by atoms with E-state index >= 15 is 0 Å². The Hall–Kier alpha value is -0.830. The molecule has 1 N–H and O–H groups in total. The van der Waals surface area contributed by atoms with Crippen LogP contribution in [-0.4, -0.2) is 31.7 Å². The van der Waals surface area contributed by atoms with Crippen LogP contribution in [0.3, 0.4) is 0 Å². The molecule has 0 spiro atoms. The molecule has 0 aromatic heterocycles. The van der Waals surface area contributed by atoms with Crippen LogP contribution < -0.4 is 4.90 Å². The number of ether oxygens (including phenoxy) is 1. The van der Waals surface area contributed by atoms with Crippen LogP contribution in [0.4, 0.5) is 0 Å². The van der Waals surface area contributed by atoms with Crippen molar-refractivity contribution >= 4 is 5.97 Å². The summed E-state index contributed by atoms with van der Waals surface area (Å²) in [4.78, 5) is 12.3. The van der Waals surface area contributed by atoms with E-state index in [-0.39, 0.29) is 12.1 Å². The molecule has 1 heterocycles. The van der Waals surface area contributed by atoms with E-state index in [1.54, 1.807) is 0 Å². The molecule has 1 fully saturated rings. The van der Waals surface area contributed by atoms with E-state index in [0.717, 1.165) is 26.1 Å². The monoisotopic (exact) mass is 170 g/mol. The number of carbonyl (C=O) groups is 1. The van der Waals surface area contributed by atoms with Gasteiger partial charge in [0, 0.05) is 12.5 Å². The second-order valence-electron chi connectivity index (χ2n) is 3.11. The standard InChI is InChI=1S/C9H15NO2/c1-3-9(11)12-8-5-6-10(4-2)7-8/h3,8H,1,4-7H2,2H3/p+1.